The number of rotatable bonds is 6. The summed E-state index contributed by atoms with van der Waals surface area (Å²) in [5, 5.41) is 7.83. The standard InChI is InChI=1S/C59H45N3/c1-58(2)49-28-16-14-25-43(49)45-33-31-41(35-51(45)58)61(42-32-34-46-44-26-15-17-29-50(44)59(3,4)52(46)36-42)53-30-18-27-47-48(53)37-54(38-19-8-5-9-20-38)62-57(47)55(39-21-10-6-11-22-39)56(60-62)40-23-12-7-13-24-40/h5-37H,1-4H3. The van der Waals surface area contributed by atoms with Crippen molar-refractivity contribution in [3.8, 4) is 55.9 Å². The molecule has 0 radical (unpaired) electrons. The highest BCUT2D eigenvalue weighted by molar-refractivity contribution is 6.13. The molecule has 0 amide bonds. The van der Waals surface area contributed by atoms with Gasteiger partial charge in [-0.05, 0) is 86.5 Å². The molecule has 2 heterocycles. The number of pyridine rings is 1. The molecule has 0 unspecified atom stereocenters. The van der Waals surface area contributed by atoms with Crippen molar-refractivity contribution >= 4 is 33.4 Å². The van der Waals surface area contributed by atoms with Crippen molar-refractivity contribution in [2.75, 3.05) is 4.90 Å². The van der Waals surface area contributed by atoms with Gasteiger partial charge in [0.2, 0.25) is 0 Å². The van der Waals surface area contributed by atoms with Gasteiger partial charge in [-0.3, -0.25) is 0 Å². The van der Waals surface area contributed by atoms with E-state index in [1.165, 1.54) is 44.5 Å². The molecule has 0 atom stereocenters. The fourth-order valence-electron chi connectivity index (χ4n) is 10.7. The summed E-state index contributed by atoms with van der Waals surface area (Å²) in [6.45, 7) is 9.49. The average Bonchev–Trinajstić information content (AvgIpc) is 3.91. The van der Waals surface area contributed by atoms with Gasteiger partial charge in [0.1, 0.15) is 5.69 Å². The molecule has 3 heteroatoms. The van der Waals surface area contributed by atoms with Gasteiger partial charge >= 0.3 is 0 Å². The first-order valence-electron chi connectivity index (χ1n) is 21.7. The molecule has 12 rings (SSSR count). The van der Waals surface area contributed by atoms with Crippen LogP contribution in [0.5, 0.6) is 0 Å². The molecule has 10 aromatic rings. The first kappa shape index (κ1) is 36.4. The zero-order valence-corrected chi connectivity index (χ0v) is 35.4. The summed E-state index contributed by atoms with van der Waals surface area (Å²) in [4.78, 5) is 2.52. The van der Waals surface area contributed by atoms with E-state index in [1.54, 1.807) is 0 Å². The molecule has 296 valence electrons. The Labute approximate surface area is 363 Å². The third kappa shape index (κ3) is 5.28. The van der Waals surface area contributed by atoms with E-state index in [-0.39, 0.29) is 10.8 Å². The van der Waals surface area contributed by atoms with Gasteiger partial charge in [0.15, 0.2) is 0 Å². The molecule has 0 spiro atoms. The number of aromatic nitrogens is 2. The first-order chi connectivity index (χ1) is 30.3. The van der Waals surface area contributed by atoms with Crippen LogP contribution in [-0.2, 0) is 10.8 Å². The summed E-state index contributed by atoms with van der Waals surface area (Å²) in [6.07, 6.45) is 0. The van der Waals surface area contributed by atoms with Crippen molar-refractivity contribution in [2.45, 2.75) is 38.5 Å². The molecule has 0 N–H and O–H groups in total. The van der Waals surface area contributed by atoms with E-state index < -0.39 is 0 Å². The molecular formula is C59H45N3. The lowest BCUT2D eigenvalue weighted by Crippen LogP contribution is -2.18. The maximum atomic E-state index is 5.53. The average molecular weight is 796 g/mol. The Hall–Kier alpha value is -7.49. The van der Waals surface area contributed by atoms with Crippen LogP contribution in [0.4, 0.5) is 17.1 Å². The molecule has 2 aromatic heterocycles. The number of benzene rings is 8. The van der Waals surface area contributed by atoms with E-state index in [9.17, 15) is 0 Å². The molecule has 0 fully saturated rings. The number of nitrogens with zero attached hydrogens (tertiary/aromatic N) is 3. The minimum atomic E-state index is -0.156. The maximum Gasteiger partial charge on any atom is 0.101 e. The molecule has 2 aliphatic carbocycles. The molecule has 3 nitrogen and oxygen atoms in total. The Morgan fingerprint density at radius 1 is 0.403 bits per heavy atom. The van der Waals surface area contributed by atoms with Crippen LogP contribution < -0.4 is 4.90 Å². The van der Waals surface area contributed by atoms with Crippen molar-refractivity contribution in [1.29, 1.82) is 0 Å². The van der Waals surface area contributed by atoms with Gasteiger partial charge in [-0.1, -0.05) is 191 Å². The Balaban J connectivity index is 1.18. The first-order valence-corrected chi connectivity index (χ1v) is 21.7. The van der Waals surface area contributed by atoms with Crippen molar-refractivity contribution in [3.63, 3.8) is 0 Å². The SMILES string of the molecule is CC1(C)c2ccccc2-c2ccc(N(c3ccc4c(c3)C(C)(C)c3ccccc3-4)c3cccc4c3cc(-c3ccccc3)n3nc(-c5ccccc5)c(-c5ccccc5)c43)cc21. The molecule has 0 saturated carbocycles. The van der Waals surface area contributed by atoms with Crippen molar-refractivity contribution < 1.29 is 0 Å². The highest BCUT2D eigenvalue weighted by Gasteiger charge is 2.38. The molecule has 2 aliphatic rings. The van der Waals surface area contributed by atoms with Gasteiger partial charge in [0, 0.05) is 49.7 Å². The van der Waals surface area contributed by atoms with E-state index in [0.29, 0.717) is 0 Å². The van der Waals surface area contributed by atoms with Crippen LogP contribution in [0.1, 0.15) is 49.9 Å². The second-order valence-corrected chi connectivity index (χ2v) is 18.0. The summed E-state index contributed by atoms with van der Waals surface area (Å²) in [7, 11) is 0. The second kappa shape index (κ2) is 13.5. The fraction of sp³-hybridized carbons (Fsp3) is 0.102. The third-order valence-corrected chi connectivity index (χ3v) is 13.8. The predicted octanol–water partition coefficient (Wildman–Crippen LogP) is 15.6. The third-order valence-electron chi connectivity index (χ3n) is 13.8. The fourth-order valence-corrected chi connectivity index (χ4v) is 10.7. The minimum absolute atomic E-state index is 0.156. The molecule has 0 aliphatic heterocycles. The quantitative estimate of drug-likeness (QED) is 0.167. The molecule has 0 bridgehead atoms. The van der Waals surface area contributed by atoms with Crippen molar-refractivity contribution in [3.05, 3.63) is 222 Å². The normalized spacial score (nSPS) is 14.1. The Morgan fingerprint density at radius 3 is 1.45 bits per heavy atom. The van der Waals surface area contributed by atoms with Crippen LogP contribution in [0, 0.1) is 0 Å². The van der Waals surface area contributed by atoms with Crippen LogP contribution in [-0.4, -0.2) is 9.61 Å². The monoisotopic (exact) mass is 795 g/mol. The largest absolute Gasteiger partial charge is 0.310 e. The van der Waals surface area contributed by atoms with E-state index in [4.69, 9.17) is 5.10 Å². The summed E-state index contributed by atoms with van der Waals surface area (Å²) in [5.74, 6) is 0. The number of anilines is 3. The van der Waals surface area contributed by atoms with Crippen LogP contribution in [0.15, 0.2) is 200 Å². The lowest BCUT2D eigenvalue weighted by Gasteiger charge is -2.30. The molecule has 8 aromatic carbocycles. The molecule has 0 saturated heterocycles. The summed E-state index contributed by atoms with van der Waals surface area (Å²) in [6, 6.07) is 73.5. The van der Waals surface area contributed by atoms with Gasteiger partial charge < -0.3 is 4.90 Å². The minimum Gasteiger partial charge on any atom is -0.310 e. The van der Waals surface area contributed by atoms with E-state index in [0.717, 1.165) is 67.0 Å². The maximum absolute atomic E-state index is 5.53. The smallest absolute Gasteiger partial charge is 0.101 e. The van der Waals surface area contributed by atoms with Gasteiger partial charge in [0.05, 0.1) is 16.9 Å². The zero-order chi connectivity index (χ0) is 41.7. The number of hydrogen-bond donors (Lipinski definition) is 0. The highest BCUT2D eigenvalue weighted by atomic mass is 15.2. The van der Waals surface area contributed by atoms with Crippen LogP contribution in [0.3, 0.4) is 0 Å². The molecular weight excluding hydrogens is 751 g/mol. The van der Waals surface area contributed by atoms with E-state index >= 15 is 0 Å². The van der Waals surface area contributed by atoms with Gasteiger partial charge in [-0.15, -0.1) is 0 Å². The number of hydrogen-bond acceptors (Lipinski definition) is 2. The zero-order valence-electron chi connectivity index (χ0n) is 35.4. The van der Waals surface area contributed by atoms with Gasteiger partial charge in [0.25, 0.3) is 0 Å². The van der Waals surface area contributed by atoms with Crippen molar-refractivity contribution in [1.82, 2.24) is 9.61 Å². The number of fused-ring (bicyclic) bond motifs is 9. The second-order valence-electron chi connectivity index (χ2n) is 18.0. The van der Waals surface area contributed by atoms with Crippen LogP contribution in [0.25, 0.3) is 72.2 Å². The Morgan fingerprint density at radius 2 is 0.887 bits per heavy atom. The lowest BCUT2D eigenvalue weighted by atomic mass is 9.82. The van der Waals surface area contributed by atoms with Crippen molar-refractivity contribution in [2.24, 2.45) is 0 Å². The predicted molar refractivity (Wildman–Crippen MR) is 259 cm³/mol. The summed E-state index contributed by atoms with van der Waals surface area (Å²) in [5.41, 5.74) is 21.3. The lowest BCUT2D eigenvalue weighted by molar-refractivity contribution is 0.660. The van der Waals surface area contributed by atoms with Crippen LogP contribution in [0.2, 0.25) is 0 Å². The van der Waals surface area contributed by atoms with Gasteiger partial charge in [-0.25, -0.2) is 4.52 Å². The highest BCUT2D eigenvalue weighted by Crippen LogP contribution is 2.54. The van der Waals surface area contributed by atoms with E-state index in [2.05, 4.69) is 237 Å². The topological polar surface area (TPSA) is 20.5 Å². The Kier molecular flexibility index (Phi) is 7.92. The van der Waals surface area contributed by atoms with Crippen LogP contribution >= 0.6 is 0 Å². The molecule has 62 heavy (non-hydrogen) atoms. The summed E-state index contributed by atoms with van der Waals surface area (Å²) < 4.78 is 2.20. The summed E-state index contributed by atoms with van der Waals surface area (Å²) >= 11 is 0. The van der Waals surface area contributed by atoms with Gasteiger partial charge in [-0.2, -0.15) is 5.10 Å². The van der Waals surface area contributed by atoms with E-state index in [1.807, 2.05) is 0 Å². The Bertz CT molecular complexity index is 3290.